The van der Waals surface area contributed by atoms with Crippen molar-refractivity contribution in [3.05, 3.63) is 54.1 Å². The summed E-state index contributed by atoms with van der Waals surface area (Å²) in [4.78, 5) is 0. The fourth-order valence-corrected chi connectivity index (χ4v) is 1.76. The monoisotopic (exact) mass is 227 g/mol. The molecule has 2 aromatic carbocycles. The van der Waals surface area contributed by atoms with Gasteiger partial charge in [0.05, 0.1) is 0 Å². The molecule has 0 aliphatic heterocycles. The zero-order valence-corrected chi connectivity index (χ0v) is 10.2. The van der Waals surface area contributed by atoms with E-state index in [4.69, 9.17) is 10.5 Å². The summed E-state index contributed by atoms with van der Waals surface area (Å²) in [6.45, 7) is 4.31. The Morgan fingerprint density at radius 3 is 2.47 bits per heavy atom. The maximum absolute atomic E-state index is 5.87. The predicted molar refractivity (Wildman–Crippen MR) is 71.5 cm³/mol. The quantitative estimate of drug-likeness (QED) is 0.798. The molecule has 2 N–H and O–H groups in total. The van der Waals surface area contributed by atoms with E-state index < -0.39 is 0 Å². The van der Waals surface area contributed by atoms with Crippen LogP contribution in [0, 0.1) is 0 Å². The van der Waals surface area contributed by atoms with Crippen LogP contribution in [-0.2, 0) is 0 Å². The van der Waals surface area contributed by atoms with Crippen LogP contribution in [0.5, 0.6) is 11.5 Å². The van der Waals surface area contributed by atoms with Crippen LogP contribution >= 0.6 is 0 Å². The van der Waals surface area contributed by atoms with E-state index >= 15 is 0 Å². The zero-order valence-electron chi connectivity index (χ0n) is 10.2. The highest BCUT2D eigenvalue weighted by Gasteiger charge is 2.07. The molecule has 0 heterocycles. The summed E-state index contributed by atoms with van der Waals surface area (Å²) < 4.78 is 5.87. The normalized spacial score (nSPS) is 10.5. The number of rotatable bonds is 3. The van der Waals surface area contributed by atoms with Gasteiger partial charge in [-0.15, -0.1) is 0 Å². The summed E-state index contributed by atoms with van der Waals surface area (Å²) >= 11 is 0. The van der Waals surface area contributed by atoms with Crippen molar-refractivity contribution >= 4 is 5.69 Å². The van der Waals surface area contributed by atoms with Gasteiger partial charge in [0.1, 0.15) is 11.5 Å². The Morgan fingerprint density at radius 2 is 1.76 bits per heavy atom. The Kier molecular flexibility index (Phi) is 3.33. The molecule has 0 aromatic heterocycles. The minimum absolute atomic E-state index is 0.437. The topological polar surface area (TPSA) is 35.2 Å². The maximum Gasteiger partial charge on any atom is 0.130 e. The van der Waals surface area contributed by atoms with E-state index in [1.165, 1.54) is 5.56 Å². The van der Waals surface area contributed by atoms with Crippen LogP contribution in [0.2, 0.25) is 0 Å². The second kappa shape index (κ2) is 4.91. The minimum atomic E-state index is 0.437. The average molecular weight is 227 g/mol. The number of nitrogens with two attached hydrogens (primary N) is 1. The number of ether oxygens (including phenoxy) is 1. The molecule has 0 atom stereocenters. The first-order valence-corrected chi connectivity index (χ1v) is 5.79. The van der Waals surface area contributed by atoms with E-state index in [0.29, 0.717) is 11.6 Å². The lowest BCUT2D eigenvalue weighted by atomic mass is 10.0. The lowest BCUT2D eigenvalue weighted by Gasteiger charge is -2.13. The van der Waals surface area contributed by atoms with Crippen molar-refractivity contribution in [2.45, 2.75) is 19.8 Å². The van der Waals surface area contributed by atoms with Crippen molar-refractivity contribution in [1.29, 1.82) is 0 Å². The summed E-state index contributed by atoms with van der Waals surface area (Å²) in [5, 5.41) is 0. The molecule has 2 nitrogen and oxygen atoms in total. The molecule has 2 heteroatoms. The highest BCUT2D eigenvalue weighted by atomic mass is 16.5. The third-order valence-electron chi connectivity index (χ3n) is 2.63. The molecule has 2 rings (SSSR count). The molecule has 88 valence electrons. The van der Waals surface area contributed by atoms with Crippen LogP contribution in [0.15, 0.2) is 48.5 Å². The Balaban J connectivity index is 2.30. The van der Waals surface area contributed by atoms with Gasteiger partial charge in [0.15, 0.2) is 0 Å². The first-order chi connectivity index (χ1) is 8.16. The fraction of sp³-hybridized carbons (Fsp3) is 0.200. The third kappa shape index (κ3) is 2.78. The molecule has 0 bridgehead atoms. The van der Waals surface area contributed by atoms with Crippen LogP contribution in [-0.4, -0.2) is 0 Å². The summed E-state index contributed by atoms with van der Waals surface area (Å²) in [6.07, 6.45) is 0. The molecule has 0 unspecified atom stereocenters. The largest absolute Gasteiger partial charge is 0.457 e. The van der Waals surface area contributed by atoms with Gasteiger partial charge in [0.2, 0.25) is 0 Å². The Morgan fingerprint density at radius 1 is 1.00 bits per heavy atom. The van der Waals surface area contributed by atoms with Crippen molar-refractivity contribution in [3.8, 4) is 11.5 Å². The standard InChI is InChI=1S/C15H17NO/c1-11(2)14-8-3-4-9-15(14)17-13-7-5-6-12(16)10-13/h3-11H,16H2,1-2H3. The van der Waals surface area contributed by atoms with Gasteiger partial charge in [-0.2, -0.15) is 0 Å². The van der Waals surface area contributed by atoms with Gasteiger partial charge in [-0.25, -0.2) is 0 Å². The van der Waals surface area contributed by atoms with Gasteiger partial charge in [-0.3, -0.25) is 0 Å². The van der Waals surface area contributed by atoms with Crippen LogP contribution in [0.25, 0.3) is 0 Å². The van der Waals surface area contributed by atoms with Crippen molar-refractivity contribution in [2.75, 3.05) is 5.73 Å². The molecule has 0 amide bonds. The molecular formula is C15H17NO. The predicted octanol–water partition coefficient (Wildman–Crippen LogP) is 4.18. The van der Waals surface area contributed by atoms with Gasteiger partial charge in [-0.1, -0.05) is 38.1 Å². The molecule has 17 heavy (non-hydrogen) atoms. The number of hydrogen-bond donors (Lipinski definition) is 1. The van der Waals surface area contributed by atoms with Crippen LogP contribution in [0.4, 0.5) is 5.69 Å². The number of benzene rings is 2. The van der Waals surface area contributed by atoms with E-state index in [2.05, 4.69) is 19.9 Å². The highest BCUT2D eigenvalue weighted by molar-refractivity contribution is 5.46. The highest BCUT2D eigenvalue weighted by Crippen LogP contribution is 2.30. The van der Waals surface area contributed by atoms with Gasteiger partial charge >= 0.3 is 0 Å². The molecule has 0 aliphatic carbocycles. The molecule has 0 radical (unpaired) electrons. The van der Waals surface area contributed by atoms with E-state index in [1.54, 1.807) is 0 Å². The number of para-hydroxylation sites is 1. The Labute approximate surface area is 102 Å². The zero-order chi connectivity index (χ0) is 12.3. The Bertz CT molecular complexity index is 506. The van der Waals surface area contributed by atoms with Crippen molar-refractivity contribution in [1.82, 2.24) is 0 Å². The molecule has 0 saturated carbocycles. The lowest BCUT2D eigenvalue weighted by molar-refractivity contribution is 0.473. The van der Waals surface area contributed by atoms with E-state index in [0.717, 1.165) is 11.5 Å². The van der Waals surface area contributed by atoms with E-state index in [-0.39, 0.29) is 0 Å². The first-order valence-electron chi connectivity index (χ1n) is 5.79. The summed E-state index contributed by atoms with van der Waals surface area (Å²) in [5.41, 5.74) is 7.65. The van der Waals surface area contributed by atoms with Gasteiger partial charge < -0.3 is 10.5 Å². The molecule has 2 aromatic rings. The van der Waals surface area contributed by atoms with Gasteiger partial charge in [0.25, 0.3) is 0 Å². The fourth-order valence-electron chi connectivity index (χ4n) is 1.76. The van der Waals surface area contributed by atoms with E-state index in [1.807, 2.05) is 42.5 Å². The molecule has 0 saturated heterocycles. The number of hydrogen-bond acceptors (Lipinski definition) is 2. The van der Waals surface area contributed by atoms with Crippen LogP contribution < -0.4 is 10.5 Å². The molecule has 0 aliphatic rings. The lowest BCUT2D eigenvalue weighted by Crippen LogP contribution is -1.94. The summed E-state index contributed by atoms with van der Waals surface area (Å²) in [5.74, 6) is 2.11. The van der Waals surface area contributed by atoms with Crippen molar-refractivity contribution in [3.63, 3.8) is 0 Å². The van der Waals surface area contributed by atoms with Crippen LogP contribution in [0.1, 0.15) is 25.3 Å². The Hall–Kier alpha value is -1.96. The molecular weight excluding hydrogens is 210 g/mol. The van der Waals surface area contributed by atoms with Crippen LogP contribution in [0.3, 0.4) is 0 Å². The first kappa shape index (κ1) is 11.5. The van der Waals surface area contributed by atoms with Crippen molar-refractivity contribution < 1.29 is 4.74 Å². The smallest absolute Gasteiger partial charge is 0.130 e. The van der Waals surface area contributed by atoms with E-state index in [9.17, 15) is 0 Å². The van der Waals surface area contributed by atoms with Gasteiger partial charge in [0, 0.05) is 11.8 Å². The van der Waals surface area contributed by atoms with Gasteiger partial charge in [-0.05, 0) is 29.7 Å². The minimum Gasteiger partial charge on any atom is -0.457 e. The second-order valence-corrected chi connectivity index (χ2v) is 4.37. The van der Waals surface area contributed by atoms with Crippen molar-refractivity contribution in [2.24, 2.45) is 0 Å². The number of anilines is 1. The maximum atomic E-state index is 5.87. The summed E-state index contributed by atoms with van der Waals surface area (Å²) in [7, 11) is 0. The SMILES string of the molecule is CC(C)c1ccccc1Oc1cccc(N)c1. The number of nitrogen functional groups attached to an aromatic ring is 1. The third-order valence-corrected chi connectivity index (χ3v) is 2.63. The summed E-state index contributed by atoms with van der Waals surface area (Å²) in [6, 6.07) is 15.6. The average Bonchev–Trinajstić information content (AvgIpc) is 2.29. The molecule has 0 spiro atoms. The molecule has 0 fully saturated rings. The second-order valence-electron chi connectivity index (χ2n) is 4.37.